The molecule has 0 aliphatic carbocycles. The Bertz CT molecular complexity index is 574. The predicted octanol–water partition coefficient (Wildman–Crippen LogP) is 0.229. The van der Waals surface area contributed by atoms with Crippen LogP contribution in [0.15, 0.2) is 23.3 Å². The molecular formula is C18H31N5O3. The van der Waals surface area contributed by atoms with Crippen molar-refractivity contribution in [2.45, 2.75) is 26.0 Å². The molecule has 1 atom stereocenters. The van der Waals surface area contributed by atoms with E-state index in [1.54, 1.807) is 13.3 Å². The topological polar surface area (TPSA) is 91.2 Å². The Morgan fingerprint density at radius 2 is 2.19 bits per heavy atom. The number of aliphatic hydroxyl groups is 1. The van der Waals surface area contributed by atoms with Crippen LogP contribution in [0.4, 0.5) is 0 Å². The Labute approximate surface area is 155 Å². The fourth-order valence-electron chi connectivity index (χ4n) is 2.74. The maximum atomic E-state index is 10.7. The number of pyridine rings is 1. The second kappa shape index (κ2) is 10.3. The molecule has 1 unspecified atom stereocenters. The summed E-state index contributed by atoms with van der Waals surface area (Å²) in [5.74, 6) is 1.25. The fraction of sp³-hybridized carbons (Fsp3) is 0.667. The molecule has 1 aromatic heterocycles. The van der Waals surface area contributed by atoms with E-state index in [1.165, 1.54) is 0 Å². The highest BCUT2D eigenvalue weighted by atomic mass is 16.5. The minimum atomic E-state index is -0.854. The predicted molar refractivity (Wildman–Crippen MR) is 101 cm³/mol. The number of morpholine rings is 1. The lowest BCUT2D eigenvalue weighted by atomic mass is 10.1. The first-order chi connectivity index (χ1) is 12.5. The minimum absolute atomic E-state index is 0.413. The van der Waals surface area contributed by atoms with E-state index in [0.717, 1.165) is 38.4 Å². The average Bonchev–Trinajstić information content (AvgIpc) is 2.64. The average molecular weight is 365 g/mol. The van der Waals surface area contributed by atoms with Crippen molar-refractivity contribution in [1.82, 2.24) is 20.5 Å². The molecular weight excluding hydrogens is 334 g/mol. The third kappa shape index (κ3) is 7.15. The zero-order chi connectivity index (χ0) is 18.8. The molecule has 0 bridgehead atoms. The smallest absolute Gasteiger partial charge is 0.213 e. The largest absolute Gasteiger partial charge is 0.481 e. The van der Waals surface area contributed by atoms with Crippen LogP contribution in [0.3, 0.4) is 0 Å². The molecule has 8 nitrogen and oxygen atoms in total. The molecule has 1 aromatic rings. The van der Waals surface area contributed by atoms with Crippen LogP contribution in [0.5, 0.6) is 5.88 Å². The third-order valence-electron chi connectivity index (χ3n) is 4.08. The second-order valence-corrected chi connectivity index (χ2v) is 6.64. The molecule has 2 rings (SSSR count). The highest BCUT2D eigenvalue weighted by Gasteiger charge is 2.25. The maximum Gasteiger partial charge on any atom is 0.213 e. The summed E-state index contributed by atoms with van der Waals surface area (Å²) < 4.78 is 10.5. The number of aromatic nitrogens is 1. The van der Waals surface area contributed by atoms with Crippen LogP contribution >= 0.6 is 0 Å². The van der Waals surface area contributed by atoms with Gasteiger partial charge in [-0.3, -0.25) is 4.90 Å². The molecule has 26 heavy (non-hydrogen) atoms. The van der Waals surface area contributed by atoms with Gasteiger partial charge in [0.05, 0.1) is 32.5 Å². The number of aliphatic imine (C=N–C) groups is 1. The molecule has 0 saturated carbocycles. The maximum absolute atomic E-state index is 10.7. The summed E-state index contributed by atoms with van der Waals surface area (Å²) in [5, 5.41) is 17.1. The molecule has 0 spiro atoms. The summed E-state index contributed by atoms with van der Waals surface area (Å²) in [5.41, 5.74) is 0.155. The molecule has 1 saturated heterocycles. The van der Waals surface area contributed by atoms with Gasteiger partial charge in [-0.25, -0.2) is 9.98 Å². The zero-order valence-corrected chi connectivity index (χ0v) is 16.0. The zero-order valence-electron chi connectivity index (χ0n) is 16.0. The fourth-order valence-corrected chi connectivity index (χ4v) is 2.74. The lowest BCUT2D eigenvalue weighted by molar-refractivity contribution is -0.0201. The molecule has 1 aliphatic rings. The number of hydrogen-bond acceptors (Lipinski definition) is 6. The van der Waals surface area contributed by atoms with Gasteiger partial charge >= 0.3 is 0 Å². The van der Waals surface area contributed by atoms with Crippen LogP contribution in [0.2, 0.25) is 0 Å². The van der Waals surface area contributed by atoms with Gasteiger partial charge in [-0.2, -0.15) is 0 Å². The van der Waals surface area contributed by atoms with E-state index >= 15 is 0 Å². The summed E-state index contributed by atoms with van der Waals surface area (Å²) in [7, 11) is 1.59. The summed E-state index contributed by atoms with van der Waals surface area (Å²) in [6.45, 7) is 9.27. The van der Waals surface area contributed by atoms with Crippen LogP contribution in [0.25, 0.3) is 0 Å². The molecule has 3 N–H and O–H groups in total. The van der Waals surface area contributed by atoms with E-state index in [9.17, 15) is 5.11 Å². The summed E-state index contributed by atoms with van der Waals surface area (Å²) in [6, 6.07) is 3.77. The van der Waals surface area contributed by atoms with Gasteiger partial charge in [0, 0.05) is 45.0 Å². The van der Waals surface area contributed by atoms with Crippen LogP contribution in [-0.4, -0.2) is 79.6 Å². The van der Waals surface area contributed by atoms with E-state index in [0.29, 0.717) is 31.5 Å². The second-order valence-electron chi connectivity index (χ2n) is 6.64. The number of ether oxygens (including phenoxy) is 2. The molecule has 146 valence electrons. The van der Waals surface area contributed by atoms with Crippen molar-refractivity contribution in [3.8, 4) is 5.88 Å². The van der Waals surface area contributed by atoms with Crippen molar-refractivity contribution in [3.05, 3.63) is 23.9 Å². The van der Waals surface area contributed by atoms with E-state index in [-0.39, 0.29) is 0 Å². The number of β-amino-alcohol motifs (C(OH)–C–C–N with tert-alkyl or cyclic N) is 1. The Morgan fingerprint density at radius 3 is 2.88 bits per heavy atom. The van der Waals surface area contributed by atoms with Gasteiger partial charge in [0.2, 0.25) is 5.88 Å². The first-order valence-corrected chi connectivity index (χ1v) is 9.06. The van der Waals surface area contributed by atoms with Crippen LogP contribution < -0.4 is 15.4 Å². The Balaban J connectivity index is 1.89. The number of hydrogen-bond donors (Lipinski definition) is 3. The Hall–Kier alpha value is -1.90. The van der Waals surface area contributed by atoms with E-state index in [1.807, 2.05) is 26.0 Å². The number of nitrogens with one attached hydrogen (secondary N) is 2. The molecule has 1 aliphatic heterocycles. The number of guanidine groups is 1. The Morgan fingerprint density at radius 1 is 1.42 bits per heavy atom. The molecule has 1 fully saturated rings. The highest BCUT2D eigenvalue weighted by molar-refractivity contribution is 5.79. The summed E-state index contributed by atoms with van der Waals surface area (Å²) in [4.78, 5) is 10.9. The first-order valence-electron chi connectivity index (χ1n) is 9.06. The minimum Gasteiger partial charge on any atom is -0.481 e. The molecule has 2 heterocycles. The van der Waals surface area contributed by atoms with Crippen molar-refractivity contribution in [1.29, 1.82) is 0 Å². The van der Waals surface area contributed by atoms with Gasteiger partial charge in [0.15, 0.2) is 5.96 Å². The molecule has 0 aromatic carbocycles. The summed E-state index contributed by atoms with van der Waals surface area (Å²) >= 11 is 0. The van der Waals surface area contributed by atoms with Gasteiger partial charge < -0.3 is 25.2 Å². The number of rotatable bonds is 8. The van der Waals surface area contributed by atoms with Gasteiger partial charge in [-0.1, -0.05) is 0 Å². The van der Waals surface area contributed by atoms with Crippen molar-refractivity contribution in [3.63, 3.8) is 0 Å². The van der Waals surface area contributed by atoms with Gasteiger partial charge in [-0.05, 0) is 25.5 Å². The van der Waals surface area contributed by atoms with E-state index < -0.39 is 5.60 Å². The third-order valence-corrected chi connectivity index (χ3v) is 4.08. The molecule has 8 heteroatoms. The standard InChI is InChI=1S/C18H31N5O3/c1-4-19-17(21-12-15-5-6-20-16(11-15)25-3)22-13-18(2,24)14-23-7-9-26-10-8-23/h5-6,11,24H,4,7-10,12-14H2,1-3H3,(H2,19,21,22). The lowest BCUT2D eigenvalue weighted by Gasteiger charge is -2.34. The molecule has 0 amide bonds. The van der Waals surface area contributed by atoms with Crippen LogP contribution in [-0.2, 0) is 11.3 Å². The van der Waals surface area contributed by atoms with Crippen LogP contribution in [0.1, 0.15) is 19.4 Å². The monoisotopic (exact) mass is 365 g/mol. The normalized spacial score (nSPS) is 18.2. The molecule has 0 radical (unpaired) electrons. The van der Waals surface area contributed by atoms with Crippen molar-refractivity contribution in [2.24, 2.45) is 4.99 Å². The van der Waals surface area contributed by atoms with E-state index in [4.69, 9.17) is 9.47 Å². The van der Waals surface area contributed by atoms with Gasteiger partial charge in [-0.15, -0.1) is 0 Å². The number of methoxy groups -OCH3 is 1. The Kier molecular flexibility index (Phi) is 8.08. The SMILES string of the molecule is CCNC(=NCc1ccnc(OC)c1)NCC(C)(O)CN1CCOCC1. The van der Waals surface area contributed by atoms with Crippen molar-refractivity contribution < 1.29 is 14.6 Å². The quantitative estimate of drug-likeness (QED) is 0.449. The summed E-state index contributed by atoms with van der Waals surface area (Å²) in [6.07, 6.45) is 1.71. The highest BCUT2D eigenvalue weighted by Crippen LogP contribution is 2.10. The van der Waals surface area contributed by atoms with Gasteiger partial charge in [0.25, 0.3) is 0 Å². The van der Waals surface area contributed by atoms with Gasteiger partial charge in [0.1, 0.15) is 0 Å². The van der Waals surface area contributed by atoms with E-state index in [2.05, 4.69) is 25.5 Å². The first kappa shape index (κ1) is 20.4. The number of nitrogens with zero attached hydrogens (tertiary/aromatic N) is 3. The van der Waals surface area contributed by atoms with Crippen molar-refractivity contribution >= 4 is 5.96 Å². The van der Waals surface area contributed by atoms with Crippen molar-refractivity contribution in [2.75, 3.05) is 53.0 Å². The lowest BCUT2D eigenvalue weighted by Crippen LogP contribution is -2.52. The van der Waals surface area contributed by atoms with Crippen LogP contribution in [0, 0.1) is 0 Å².